The van der Waals surface area contributed by atoms with Crippen LogP contribution in [0.3, 0.4) is 0 Å². The van der Waals surface area contributed by atoms with E-state index in [-0.39, 0.29) is 18.3 Å². The first-order valence-electron chi connectivity index (χ1n) is 3.87. The topological polar surface area (TPSA) is 47.9 Å². The van der Waals surface area contributed by atoms with E-state index in [4.69, 9.17) is 14.2 Å². The van der Waals surface area contributed by atoms with Crippen molar-refractivity contribution in [1.82, 2.24) is 0 Å². The van der Waals surface area contributed by atoms with Gasteiger partial charge in [-0.25, -0.2) is 0 Å². The third-order valence-corrected chi connectivity index (χ3v) is 2.00. The molecule has 1 aromatic rings. The van der Waals surface area contributed by atoms with E-state index >= 15 is 0 Å². The molecule has 1 rings (SSSR count). The molecule has 0 aliphatic rings. The van der Waals surface area contributed by atoms with Crippen LogP contribution < -0.4 is 9.47 Å². The molecule has 0 amide bonds. The molecule has 0 atom stereocenters. The van der Waals surface area contributed by atoms with Crippen molar-refractivity contribution < 1.29 is 19.3 Å². The highest BCUT2D eigenvalue weighted by Crippen LogP contribution is 2.39. The van der Waals surface area contributed by atoms with Crippen molar-refractivity contribution in [2.24, 2.45) is 0 Å². The normalized spacial score (nSPS) is 9.93. The molecule has 0 bridgehead atoms. The van der Waals surface area contributed by atoms with E-state index in [1.807, 2.05) is 0 Å². The maximum absolute atomic E-state index is 9.54. The quantitative estimate of drug-likeness (QED) is 0.845. The van der Waals surface area contributed by atoms with Gasteiger partial charge in [0.1, 0.15) is 0 Å². The highest BCUT2D eigenvalue weighted by molar-refractivity contribution is 9.10. The predicted molar refractivity (Wildman–Crippen MR) is 54.9 cm³/mol. The highest BCUT2D eigenvalue weighted by Gasteiger charge is 2.11. The van der Waals surface area contributed by atoms with Gasteiger partial charge in [0.15, 0.2) is 18.3 Å². The molecule has 78 valence electrons. The van der Waals surface area contributed by atoms with E-state index in [0.717, 1.165) is 4.47 Å². The molecule has 0 unspecified atom stereocenters. The van der Waals surface area contributed by atoms with Crippen LogP contribution in [0.25, 0.3) is 0 Å². The summed E-state index contributed by atoms with van der Waals surface area (Å²) in [5.74, 6) is 0.736. The van der Waals surface area contributed by atoms with Gasteiger partial charge in [-0.1, -0.05) is 15.9 Å². The van der Waals surface area contributed by atoms with Gasteiger partial charge >= 0.3 is 0 Å². The molecule has 1 aromatic carbocycles. The number of benzene rings is 1. The van der Waals surface area contributed by atoms with Crippen molar-refractivity contribution in [3.05, 3.63) is 16.6 Å². The van der Waals surface area contributed by atoms with E-state index in [9.17, 15) is 5.11 Å². The SMILES string of the molecule is COCOc1c(O)cc(Br)cc1OC. The van der Waals surface area contributed by atoms with Crippen molar-refractivity contribution in [1.29, 1.82) is 0 Å². The van der Waals surface area contributed by atoms with E-state index in [1.54, 1.807) is 6.07 Å². The van der Waals surface area contributed by atoms with Gasteiger partial charge in [0.05, 0.1) is 7.11 Å². The minimum absolute atomic E-state index is 0.00766. The fourth-order valence-electron chi connectivity index (χ4n) is 0.969. The number of halogens is 1. The zero-order valence-corrected chi connectivity index (χ0v) is 9.50. The summed E-state index contributed by atoms with van der Waals surface area (Å²) in [6.45, 7) is 0.0611. The Morgan fingerprint density at radius 2 is 2.07 bits per heavy atom. The lowest BCUT2D eigenvalue weighted by Gasteiger charge is -2.11. The smallest absolute Gasteiger partial charge is 0.206 e. The van der Waals surface area contributed by atoms with Gasteiger partial charge < -0.3 is 19.3 Å². The third kappa shape index (κ3) is 2.52. The Kier molecular flexibility index (Phi) is 4.03. The van der Waals surface area contributed by atoms with Crippen molar-refractivity contribution in [2.45, 2.75) is 0 Å². The average Bonchev–Trinajstić information content (AvgIpc) is 2.15. The molecule has 1 N–H and O–H groups in total. The molecule has 0 aliphatic carbocycles. The van der Waals surface area contributed by atoms with Crippen LogP contribution in [-0.2, 0) is 4.74 Å². The fraction of sp³-hybridized carbons (Fsp3) is 0.333. The number of rotatable bonds is 4. The van der Waals surface area contributed by atoms with Gasteiger partial charge in [0.25, 0.3) is 0 Å². The number of ether oxygens (including phenoxy) is 3. The van der Waals surface area contributed by atoms with E-state index < -0.39 is 0 Å². The Morgan fingerprint density at radius 3 is 2.64 bits per heavy atom. The fourth-order valence-corrected chi connectivity index (χ4v) is 1.39. The van der Waals surface area contributed by atoms with Gasteiger partial charge in [-0.3, -0.25) is 0 Å². The lowest BCUT2D eigenvalue weighted by molar-refractivity contribution is 0.0471. The minimum atomic E-state index is 0.00766. The Bertz CT molecular complexity index is 314. The molecule has 0 saturated carbocycles. The zero-order valence-electron chi connectivity index (χ0n) is 7.91. The predicted octanol–water partition coefficient (Wildman–Crippen LogP) is 2.15. The summed E-state index contributed by atoms with van der Waals surface area (Å²) >= 11 is 3.23. The summed E-state index contributed by atoms with van der Waals surface area (Å²) in [5.41, 5.74) is 0. The first-order chi connectivity index (χ1) is 6.69. The van der Waals surface area contributed by atoms with Crippen molar-refractivity contribution in [3.8, 4) is 17.2 Å². The summed E-state index contributed by atoms with van der Waals surface area (Å²) < 4.78 is 15.6. The molecule has 0 aliphatic heterocycles. The summed E-state index contributed by atoms with van der Waals surface area (Å²) in [5, 5.41) is 9.54. The Hall–Kier alpha value is -0.940. The van der Waals surface area contributed by atoms with E-state index in [1.165, 1.54) is 20.3 Å². The van der Waals surface area contributed by atoms with Crippen LogP contribution in [0.1, 0.15) is 0 Å². The molecule has 0 heterocycles. The maximum Gasteiger partial charge on any atom is 0.206 e. The largest absolute Gasteiger partial charge is 0.504 e. The number of hydrogen-bond acceptors (Lipinski definition) is 4. The molecule has 0 saturated heterocycles. The minimum Gasteiger partial charge on any atom is -0.504 e. The molecule has 0 aromatic heterocycles. The lowest BCUT2D eigenvalue weighted by atomic mass is 10.3. The van der Waals surface area contributed by atoms with Crippen LogP contribution in [0.5, 0.6) is 17.2 Å². The van der Waals surface area contributed by atoms with E-state index in [2.05, 4.69) is 15.9 Å². The van der Waals surface area contributed by atoms with Crippen LogP contribution in [0.15, 0.2) is 16.6 Å². The summed E-state index contributed by atoms with van der Waals surface area (Å²) in [7, 11) is 3.00. The van der Waals surface area contributed by atoms with Crippen molar-refractivity contribution in [2.75, 3.05) is 21.0 Å². The van der Waals surface area contributed by atoms with Gasteiger partial charge in [-0.2, -0.15) is 0 Å². The lowest BCUT2D eigenvalue weighted by Crippen LogP contribution is -2.01. The second-order valence-electron chi connectivity index (χ2n) is 2.51. The standard InChI is InChI=1S/C9H11BrO4/c1-12-5-14-9-7(11)3-6(10)4-8(9)13-2/h3-4,11H,5H2,1-2H3. The van der Waals surface area contributed by atoms with Crippen LogP contribution in [-0.4, -0.2) is 26.1 Å². The molecular weight excluding hydrogens is 252 g/mol. The second kappa shape index (κ2) is 5.07. The van der Waals surface area contributed by atoms with Gasteiger partial charge in [0.2, 0.25) is 5.75 Å². The van der Waals surface area contributed by atoms with Crippen molar-refractivity contribution >= 4 is 15.9 Å². The third-order valence-electron chi connectivity index (χ3n) is 1.54. The number of aromatic hydroxyl groups is 1. The first kappa shape index (κ1) is 11.1. The molecule has 0 spiro atoms. The summed E-state index contributed by atoms with van der Waals surface area (Å²) in [4.78, 5) is 0. The number of hydrogen-bond donors (Lipinski definition) is 1. The molecule has 0 fully saturated rings. The van der Waals surface area contributed by atoms with Crippen molar-refractivity contribution in [3.63, 3.8) is 0 Å². The number of phenols is 1. The number of methoxy groups -OCH3 is 2. The van der Waals surface area contributed by atoms with Crippen LogP contribution in [0.2, 0.25) is 0 Å². The number of phenolic OH excluding ortho intramolecular Hbond substituents is 1. The van der Waals surface area contributed by atoms with E-state index in [0.29, 0.717) is 5.75 Å². The van der Waals surface area contributed by atoms with Crippen LogP contribution in [0.4, 0.5) is 0 Å². The first-order valence-corrected chi connectivity index (χ1v) is 4.66. The molecule has 5 heteroatoms. The molecule has 4 nitrogen and oxygen atoms in total. The maximum atomic E-state index is 9.54. The van der Waals surface area contributed by atoms with Crippen LogP contribution >= 0.6 is 15.9 Å². The highest BCUT2D eigenvalue weighted by atomic mass is 79.9. The average molecular weight is 263 g/mol. The zero-order chi connectivity index (χ0) is 10.6. The molecule has 14 heavy (non-hydrogen) atoms. The summed E-state index contributed by atoms with van der Waals surface area (Å²) in [6, 6.07) is 3.22. The molecular formula is C9H11BrO4. The molecule has 0 radical (unpaired) electrons. The Morgan fingerprint density at radius 1 is 1.36 bits per heavy atom. The van der Waals surface area contributed by atoms with Gasteiger partial charge in [-0.15, -0.1) is 0 Å². The van der Waals surface area contributed by atoms with Gasteiger partial charge in [0, 0.05) is 11.6 Å². The second-order valence-corrected chi connectivity index (χ2v) is 3.42. The Balaban J connectivity index is 2.99. The monoisotopic (exact) mass is 262 g/mol. The van der Waals surface area contributed by atoms with Crippen LogP contribution in [0, 0.1) is 0 Å². The van der Waals surface area contributed by atoms with Gasteiger partial charge in [-0.05, 0) is 12.1 Å². The summed E-state index contributed by atoms with van der Waals surface area (Å²) in [6.07, 6.45) is 0. The Labute approximate surface area is 90.5 Å².